The van der Waals surface area contributed by atoms with E-state index in [0.29, 0.717) is 11.4 Å². The molecule has 0 fully saturated rings. The molecule has 25 heavy (non-hydrogen) atoms. The van der Waals surface area contributed by atoms with Crippen LogP contribution in [-0.4, -0.2) is 39.6 Å². The number of benzene rings is 2. The van der Waals surface area contributed by atoms with E-state index in [-0.39, 0.29) is 41.3 Å². The number of carbonyl (C=O) groups excluding carboxylic acids is 2. The number of ether oxygens (including phenoxy) is 1. The first-order valence-electron chi connectivity index (χ1n) is 7.03. The molecule has 8 nitrogen and oxygen atoms in total. The number of nitrogens with one attached hydrogen (secondary N) is 2. The van der Waals surface area contributed by atoms with Crippen molar-refractivity contribution in [3.05, 3.63) is 36.4 Å². The van der Waals surface area contributed by atoms with Crippen LogP contribution in [0.3, 0.4) is 0 Å². The second-order valence-electron chi connectivity index (χ2n) is 4.84. The Bertz CT molecular complexity index is 776. The summed E-state index contributed by atoms with van der Waals surface area (Å²) in [4.78, 5) is 21.7. The zero-order valence-corrected chi connectivity index (χ0v) is 13.6. The van der Waals surface area contributed by atoms with Crippen molar-refractivity contribution in [1.29, 1.82) is 0 Å². The summed E-state index contributed by atoms with van der Waals surface area (Å²) in [7, 11) is 0. The van der Waals surface area contributed by atoms with Crippen LogP contribution >= 0.6 is 11.6 Å². The number of halogens is 1. The van der Waals surface area contributed by atoms with E-state index >= 15 is 0 Å². The molecule has 0 spiro atoms. The first kappa shape index (κ1) is 18.2. The van der Waals surface area contributed by atoms with E-state index in [1.54, 1.807) is 12.1 Å². The van der Waals surface area contributed by atoms with Crippen molar-refractivity contribution in [2.75, 3.05) is 23.1 Å². The monoisotopic (exact) mass is 366 g/mol. The molecule has 1 heterocycles. The lowest BCUT2D eigenvalue weighted by atomic mass is 10.2. The smallest absolute Gasteiger partial charge is 0.262 e. The molecule has 0 radical (unpaired) electrons. The normalized spacial score (nSPS) is 12.0. The van der Waals surface area contributed by atoms with Crippen LogP contribution in [0.15, 0.2) is 36.4 Å². The molecule has 132 valence electrons. The van der Waals surface area contributed by atoms with Crippen LogP contribution in [0.5, 0.6) is 23.0 Å². The summed E-state index contributed by atoms with van der Waals surface area (Å²) in [6.45, 7) is 0.0104. The van der Waals surface area contributed by atoms with Crippen LogP contribution in [0.25, 0.3) is 0 Å². The number of aromatic hydroxyl groups is 3. The van der Waals surface area contributed by atoms with Gasteiger partial charge in [0.05, 0.1) is 0 Å². The lowest BCUT2D eigenvalue weighted by Crippen LogP contribution is -2.25. The second-order valence-corrected chi connectivity index (χ2v) is 5.11. The number of phenolic OH excluding ortho intramolecular Hbond substituents is 3. The Labute approximate surface area is 147 Å². The number of para-hydroxylation sites is 2. The molecule has 2 amide bonds. The number of alkyl halides is 1. The van der Waals surface area contributed by atoms with Gasteiger partial charge in [0.2, 0.25) is 5.91 Å². The SMILES string of the molecule is O=C(CCl)Nc1c(O)cccc1O.O=C1COc2cccc(O)c2N1. The van der Waals surface area contributed by atoms with Crippen LogP contribution in [0.2, 0.25) is 0 Å². The topological polar surface area (TPSA) is 128 Å². The molecular formula is C16H15ClN2O6. The molecule has 0 saturated heterocycles. The van der Waals surface area contributed by atoms with Gasteiger partial charge in [0.15, 0.2) is 6.61 Å². The molecule has 1 aliphatic heterocycles. The number of hydrogen-bond acceptors (Lipinski definition) is 6. The Balaban J connectivity index is 0.000000181. The predicted octanol–water partition coefficient (Wildman–Crippen LogP) is 2.00. The maximum absolute atomic E-state index is 10.8. The predicted molar refractivity (Wildman–Crippen MR) is 91.4 cm³/mol. The summed E-state index contributed by atoms with van der Waals surface area (Å²) in [6.07, 6.45) is 0. The fraction of sp³-hybridized carbons (Fsp3) is 0.125. The fourth-order valence-corrected chi connectivity index (χ4v) is 1.98. The molecule has 0 aliphatic carbocycles. The minimum absolute atomic E-state index is 0.0104. The molecule has 0 saturated carbocycles. The molecular weight excluding hydrogens is 352 g/mol. The van der Waals surface area contributed by atoms with Gasteiger partial charge in [-0.05, 0) is 24.3 Å². The highest BCUT2D eigenvalue weighted by atomic mass is 35.5. The number of anilines is 2. The molecule has 9 heteroatoms. The molecule has 3 rings (SSSR count). The van der Waals surface area contributed by atoms with Crippen molar-refractivity contribution < 1.29 is 29.6 Å². The number of phenols is 3. The average molecular weight is 367 g/mol. The largest absolute Gasteiger partial charge is 0.506 e. The summed E-state index contributed by atoms with van der Waals surface area (Å²) < 4.78 is 5.04. The molecule has 2 aromatic carbocycles. The maximum Gasteiger partial charge on any atom is 0.262 e. The van der Waals surface area contributed by atoms with Gasteiger partial charge >= 0.3 is 0 Å². The number of hydrogen-bond donors (Lipinski definition) is 5. The zero-order valence-electron chi connectivity index (χ0n) is 12.8. The van der Waals surface area contributed by atoms with Crippen molar-refractivity contribution in [3.63, 3.8) is 0 Å². The summed E-state index contributed by atoms with van der Waals surface area (Å²) >= 11 is 5.23. The molecule has 2 aromatic rings. The molecule has 0 aromatic heterocycles. The Kier molecular flexibility index (Phi) is 5.91. The molecule has 5 N–H and O–H groups in total. The first-order valence-corrected chi connectivity index (χ1v) is 7.57. The van der Waals surface area contributed by atoms with Gasteiger partial charge in [-0.2, -0.15) is 0 Å². The van der Waals surface area contributed by atoms with Crippen molar-refractivity contribution in [2.24, 2.45) is 0 Å². The Hall–Kier alpha value is -3.13. The van der Waals surface area contributed by atoms with E-state index < -0.39 is 5.91 Å². The van der Waals surface area contributed by atoms with E-state index in [4.69, 9.17) is 16.3 Å². The van der Waals surface area contributed by atoms with Crippen molar-refractivity contribution in [2.45, 2.75) is 0 Å². The van der Waals surface area contributed by atoms with Crippen molar-refractivity contribution in [3.8, 4) is 23.0 Å². The Morgan fingerprint density at radius 3 is 2.36 bits per heavy atom. The van der Waals surface area contributed by atoms with Gasteiger partial charge in [0.1, 0.15) is 40.3 Å². The van der Waals surface area contributed by atoms with Gasteiger partial charge in [-0.3, -0.25) is 9.59 Å². The van der Waals surface area contributed by atoms with E-state index in [2.05, 4.69) is 10.6 Å². The number of fused-ring (bicyclic) bond motifs is 1. The second kappa shape index (κ2) is 8.11. The van der Waals surface area contributed by atoms with Crippen molar-refractivity contribution >= 4 is 34.8 Å². The van der Waals surface area contributed by atoms with E-state index in [9.17, 15) is 24.9 Å². The van der Waals surface area contributed by atoms with E-state index in [1.807, 2.05) is 0 Å². The number of carbonyl (C=O) groups is 2. The quantitative estimate of drug-likeness (QED) is 0.408. The Morgan fingerprint density at radius 1 is 1.12 bits per heavy atom. The third kappa shape index (κ3) is 4.67. The lowest BCUT2D eigenvalue weighted by molar-refractivity contribution is -0.118. The first-order chi connectivity index (χ1) is 11.9. The molecule has 0 atom stereocenters. The summed E-state index contributed by atoms with van der Waals surface area (Å²) in [5.74, 6) is -0.817. The maximum atomic E-state index is 10.8. The van der Waals surface area contributed by atoms with Crippen LogP contribution in [0.4, 0.5) is 11.4 Å². The zero-order chi connectivity index (χ0) is 18.4. The number of rotatable bonds is 2. The lowest BCUT2D eigenvalue weighted by Gasteiger charge is -2.17. The van der Waals surface area contributed by atoms with Crippen molar-refractivity contribution in [1.82, 2.24) is 0 Å². The highest BCUT2D eigenvalue weighted by molar-refractivity contribution is 6.29. The van der Waals surface area contributed by atoms with Gasteiger partial charge < -0.3 is 30.7 Å². The third-order valence-corrected chi connectivity index (χ3v) is 3.28. The molecule has 1 aliphatic rings. The minimum atomic E-state index is -0.488. The third-order valence-electron chi connectivity index (χ3n) is 3.03. The van der Waals surface area contributed by atoms with Crippen LogP contribution in [0.1, 0.15) is 0 Å². The highest BCUT2D eigenvalue weighted by Crippen LogP contribution is 2.35. The highest BCUT2D eigenvalue weighted by Gasteiger charge is 2.18. The number of amides is 2. The van der Waals surface area contributed by atoms with E-state index in [1.165, 1.54) is 24.3 Å². The van der Waals surface area contributed by atoms with Gasteiger partial charge in [0, 0.05) is 0 Å². The van der Waals surface area contributed by atoms with Gasteiger partial charge in [-0.15, -0.1) is 11.6 Å². The van der Waals surface area contributed by atoms with Gasteiger partial charge in [-0.1, -0.05) is 12.1 Å². The summed E-state index contributed by atoms with van der Waals surface area (Å²) in [5.41, 5.74) is 0.335. The Morgan fingerprint density at radius 2 is 1.72 bits per heavy atom. The van der Waals surface area contributed by atoms with Gasteiger partial charge in [0.25, 0.3) is 5.91 Å². The summed E-state index contributed by atoms with van der Waals surface area (Å²) in [5, 5.41) is 32.5. The molecule has 0 unspecified atom stereocenters. The van der Waals surface area contributed by atoms with Crippen LogP contribution in [0, 0.1) is 0 Å². The molecule has 0 bridgehead atoms. The minimum Gasteiger partial charge on any atom is -0.506 e. The fourth-order valence-electron chi connectivity index (χ4n) is 1.91. The van der Waals surface area contributed by atoms with Gasteiger partial charge in [-0.25, -0.2) is 0 Å². The summed E-state index contributed by atoms with van der Waals surface area (Å²) in [6, 6.07) is 9.00. The van der Waals surface area contributed by atoms with E-state index in [0.717, 1.165) is 0 Å². The van der Waals surface area contributed by atoms with Crippen LogP contribution < -0.4 is 15.4 Å². The standard InChI is InChI=1S/C8H8ClNO3.C8H7NO3/c9-4-7(13)10-8-5(11)2-1-3-6(8)12;10-5-2-1-3-6-8(5)9-7(11)4-12-6/h1-3,11-12H,4H2,(H,10,13);1-3,10H,4H2,(H,9,11). The average Bonchev–Trinajstić information content (AvgIpc) is 2.59. The van der Waals surface area contributed by atoms with Crippen LogP contribution in [-0.2, 0) is 9.59 Å².